The highest BCUT2D eigenvalue weighted by atomic mass is 15.3. The highest BCUT2D eigenvalue weighted by molar-refractivity contribution is 5.27. The number of nitrogens with zero attached hydrogens (tertiary/aromatic N) is 4. The second-order valence-electron chi connectivity index (χ2n) is 3.37. The van der Waals surface area contributed by atoms with Gasteiger partial charge in [-0.2, -0.15) is 4.98 Å². The van der Waals surface area contributed by atoms with Gasteiger partial charge >= 0.3 is 0 Å². The molecule has 1 N–H and O–H groups in total. The zero-order valence-electron chi connectivity index (χ0n) is 9.06. The van der Waals surface area contributed by atoms with Gasteiger partial charge in [0, 0.05) is 30.9 Å². The minimum atomic E-state index is 0.673. The van der Waals surface area contributed by atoms with E-state index in [1.165, 1.54) is 0 Å². The Balaban J connectivity index is 2.29. The first-order chi connectivity index (χ1) is 7.33. The van der Waals surface area contributed by atoms with Crippen molar-refractivity contribution in [2.75, 3.05) is 6.54 Å². The lowest BCUT2D eigenvalue weighted by Gasteiger charge is -2.00. The Hall–Kier alpha value is -1.49. The van der Waals surface area contributed by atoms with E-state index >= 15 is 0 Å². The summed E-state index contributed by atoms with van der Waals surface area (Å²) in [5, 5.41) is 7.56. The molecule has 0 amide bonds. The predicted molar refractivity (Wildman–Crippen MR) is 57.5 cm³/mol. The number of fused-ring (bicyclic) bond motifs is 1. The third-order valence-electron chi connectivity index (χ3n) is 2.19. The summed E-state index contributed by atoms with van der Waals surface area (Å²) < 4.78 is 1.74. The van der Waals surface area contributed by atoms with Crippen LogP contribution in [0, 0.1) is 0 Å². The van der Waals surface area contributed by atoms with Gasteiger partial charge in [0.05, 0.1) is 0 Å². The molecular formula is C10H15N5. The molecule has 0 aliphatic rings. The van der Waals surface area contributed by atoms with Crippen molar-refractivity contribution in [3.8, 4) is 0 Å². The van der Waals surface area contributed by atoms with Crippen LogP contribution in [0.5, 0.6) is 0 Å². The van der Waals surface area contributed by atoms with Crippen molar-refractivity contribution >= 4 is 5.78 Å². The Bertz CT molecular complexity index is 448. The van der Waals surface area contributed by atoms with Crippen LogP contribution < -0.4 is 5.32 Å². The summed E-state index contributed by atoms with van der Waals surface area (Å²) in [4.78, 5) is 8.52. The van der Waals surface area contributed by atoms with E-state index in [1.54, 1.807) is 4.52 Å². The molecule has 0 unspecified atom stereocenters. The topological polar surface area (TPSA) is 55.1 Å². The minimum absolute atomic E-state index is 0.673. The number of hydrogen-bond donors (Lipinski definition) is 1. The molecule has 0 bridgehead atoms. The van der Waals surface area contributed by atoms with E-state index in [-0.39, 0.29) is 0 Å². The summed E-state index contributed by atoms with van der Waals surface area (Å²) in [6, 6.07) is 0. The van der Waals surface area contributed by atoms with E-state index in [4.69, 9.17) is 0 Å². The molecule has 2 heterocycles. The quantitative estimate of drug-likeness (QED) is 0.802. The summed E-state index contributed by atoms with van der Waals surface area (Å²) in [5.74, 6) is 1.51. The van der Waals surface area contributed by atoms with Gasteiger partial charge in [0.15, 0.2) is 5.82 Å². The Kier molecular flexibility index (Phi) is 2.91. The molecule has 15 heavy (non-hydrogen) atoms. The van der Waals surface area contributed by atoms with Gasteiger partial charge in [-0.1, -0.05) is 13.8 Å². The third-order valence-corrected chi connectivity index (χ3v) is 2.19. The van der Waals surface area contributed by atoms with Crippen molar-refractivity contribution < 1.29 is 0 Å². The van der Waals surface area contributed by atoms with Crippen molar-refractivity contribution in [2.45, 2.75) is 26.8 Å². The van der Waals surface area contributed by atoms with Crippen LogP contribution in [-0.4, -0.2) is 26.1 Å². The fraction of sp³-hybridized carbons (Fsp3) is 0.500. The molecular weight excluding hydrogens is 190 g/mol. The first kappa shape index (κ1) is 10.0. The maximum Gasteiger partial charge on any atom is 0.252 e. The molecule has 80 valence electrons. The third kappa shape index (κ3) is 2.12. The van der Waals surface area contributed by atoms with Gasteiger partial charge < -0.3 is 5.32 Å². The van der Waals surface area contributed by atoms with Crippen molar-refractivity contribution in [3.63, 3.8) is 0 Å². The zero-order chi connectivity index (χ0) is 10.7. The van der Waals surface area contributed by atoms with Crippen molar-refractivity contribution in [2.24, 2.45) is 0 Å². The number of aromatic nitrogens is 4. The molecule has 2 aromatic heterocycles. The number of hydrogen-bond acceptors (Lipinski definition) is 4. The Morgan fingerprint density at radius 2 is 2.27 bits per heavy atom. The van der Waals surface area contributed by atoms with E-state index in [0.29, 0.717) is 5.78 Å². The summed E-state index contributed by atoms with van der Waals surface area (Å²) in [5.41, 5.74) is 1.12. The number of nitrogens with one attached hydrogen (secondary N) is 1. The van der Waals surface area contributed by atoms with Crippen LogP contribution in [0.2, 0.25) is 0 Å². The fourth-order valence-electron chi connectivity index (χ4n) is 1.37. The molecule has 5 nitrogen and oxygen atoms in total. The molecule has 0 atom stereocenters. The van der Waals surface area contributed by atoms with Gasteiger partial charge in [0.25, 0.3) is 5.78 Å². The van der Waals surface area contributed by atoms with Crippen LogP contribution in [-0.2, 0) is 13.0 Å². The van der Waals surface area contributed by atoms with E-state index in [9.17, 15) is 0 Å². The normalized spacial score (nSPS) is 11.1. The molecule has 0 spiro atoms. The minimum Gasteiger partial charge on any atom is -0.313 e. The number of rotatable bonds is 4. The predicted octanol–water partition coefficient (Wildman–Crippen LogP) is 0.796. The van der Waals surface area contributed by atoms with Crippen LogP contribution in [0.4, 0.5) is 0 Å². The van der Waals surface area contributed by atoms with Gasteiger partial charge in [-0.25, -0.2) is 9.50 Å². The SMILES string of the molecule is CCNCc1cnc2nc(CC)nn2c1. The molecule has 0 aromatic carbocycles. The van der Waals surface area contributed by atoms with Crippen molar-refractivity contribution in [1.82, 2.24) is 24.9 Å². The van der Waals surface area contributed by atoms with E-state index < -0.39 is 0 Å². The van der Waals surface area contributed by atoms with E-state index in [1.807, 2.05) is 19.3 Å². The van der Waals surface area contributed by atoms with E-state index in [0.717, 1.165) is 30.9 Å². The summed E-state index contributed by atoms with van der Waals surface area (Å²) in [6.07, 6.45) is 4.65. The molecule has 0 saturated heterocycles. The molecule has 0 aliphatic heterocycles. The maximum absolute atomic E-state index is 4.32. The van der Waals surface area contributed by atoms with E-state index in [2.05, 4.69) is 27.3 Å². The lowest BCUT2D eigenvalue weighted by molar-refractivity contribution is 0.716. The molecule has 2 aromatic rings. The van der Waals surface area contributed by atoms with Crippen molar-refractivity contribution in [1.29, 1.82) is 0 Å². The second kappa shape index (κ2) is 4.35. The monoisotopic (exact) mass is 205 g/mol. The smallest absolute Gasteiger partial charge is 0.252 e. The zero-order valence-corrected chi connectivity index (χ0v) is 9.06. The van der Waals surface area contributed by atoms with Gasteiger partial charge in [-0.3, -0.25) is 0 Å². The second-order valence-corrected chi connectivity index (χ2v) is 3.37. The van der Waals surface area contributed by atoms with Gasteiger partial charge in [-0.15, -0.1) is 5.10 Å². The first-order valence-electron chi connectivity index (χ1n) is 5.24. The molecule has 0 aliphatic carbocycles. The Morgan fingerprint density at radius 3 is 3.00 bits per heavy atom. The molecule has 2 rings (SSSR count). The average Bonchev–Trinajstić information content (AvgIpc) is 2.68. The molecule has 0 radical (unpaired) electrons. The highest BCUT2D eigenvalue weighted by Crippen LogP contribution is 2.01. The Labute approximate surface area is 88.6 Å². The first-order valence-corrected chi connectivity index (χ1v) is 5.24. The van der Waals surface area contributed by atoms with Crippen LogP contribution in [0.15, 0.2) is 12.4 Å². The summed E-state index contributed by atoms with van der Waals surface area (Å²) >= 11 is 0. The van der Waals surface area contributed by atoms with Gasteiger partial charge in [0.2, 0.25) is 0 Å². The fourth-order valence-corrected chi connectivity index (χ4v) is 1.37. The lowest BCUT2D eigenvalue weighted by atomic mass is 10.3. The lowest BCUT2D eigenvalue weighted by Crippen LogP contribution is -2.12. The number of aryl methyl sites for hydroxylation is 1. The van der Waals surface area contributed by atoms with Crippen LogP contribution >= 0.6 is 0 Å². The maximum atomic E-state index is 4.32. The average molecular weight is 205 g/mol. The summed E-state index contributed by atoms with van der Waals surface area (Å²) in [6.45, 7) is 5.89. The largest absolute Gasteiger partial charge is 0.313 e. The van der Waals surface area contributed by atoms with Crippen LogP contribution in [0.1, 0.15) is 25.2 Å². The van der Waals surface area contributed by atoms with Crippen molar-refractivity contribution in [3.05, 3.63) is 23.8 Å². The van der Waals surface area contributed by atoms with Crippen LogP contribution in [0.3, 0.4) is 0 Å². The standard InChI is InChI=1S/C10H15N5/c1-3-9-13-10-12-6-8(5-11-4-2)7-15(10)14-9/h6-7,11H,3-5H2,1-2H3. The molecule has 5 heteroatoms. The Morgan fingerprint density at radius 1 is 1.40 bits per heavy atom. The molecule has 0 saturated carbocycles. The summed E-state index contributed by atoms with van der Waals surface area (Å²) in [7, 11) is 0. The van der Waals surface area contributed by atoms with Crippen LogP contribution in [0.25, 0.3) is 5.78 Å². The van der Waals surface area contributed by atoms with Gasteiger partial charge in [0.1, 0.15) is 0 Å². The highest BCUT2D eigenvalue weighted by Gasteiger charge is 2.03. The molecule has 0 fully saturated rings. The van der Waals surface area contributed by atoms with Gasteiger partial charge in [-0.05, 0) is 6.54 Å².